The minimum atomic E-state index is -1.10. The maximum absolute atomic E-state index is 11.3. The second-order valence-electron chi connectivity index (χ2n) is 8.95. The third kappa shape index (κ3) is 5.70. The summed E-state index contributed by atoms with van der Waals surface area (Å²) < 4.78 is 18.1. The van der Waals surface area contributed by atoms with Gasteiger partial charge in [-0.3, -0.25) is 0 Å². The van der Waals surface area contributed by atoms with Crippen molar-refractivity contribution < 1.29 is 24.1 Å². The van der Waals surface area contributed by atoms with Gasteiger partial charge in [-0.1, -0.05) is 77.8 Å². The van der Waals surface area contributed by atoms with Crippen molar-refractivity contribution in [2.75, 3.05) is 13.7 Å². The zero-order valence-corrected chi connectivity index (χ0v) is 21.6. The zero-order chi connectivity index (χ0) is 25.8. The largest absolute Gasteiger partial charge is 0.493 e. The van der Waals surface area contributed by atoms with Crippen LogP contribution in [-0.4, -0.2) is 24.8 Å². The third-order valence-corrected chi connectivity index (χ3v) is 6.94. The van der Waals surface area contributed by atoms with Crippen molar-refractivity contribution in [3.63, 3.8) is 0 Å². The van der Waals surface area contributed by atoms with Gasteiger partial charge in [0, 0.05) is 33.5 Å². The van der Waals surface area contributed by atoms with Crippen molar-refractivity contribution in [1.29, 1.82) is 0 Å². The molecule has 7 heteroatoms. The highest BCUT2D eigenvalue weighted by Gasteiger charge is 2.42. The molecule has 3 aromatic rings. The standard InChI is InChI=1S/C29H28Cl2O5/c1-17(2)22-15-23(19-10-7-11-20(30)12-19)27(18-8-5-4-6-9-18)36-28(22)24-13-21(31)14-25(34-3)29(24)35-16-26(32)33/h4-14,22-23,27-28H,1,15-16H2,2-3H3,(H,32,33)/t22-,23-,27+,28+/m1/s1. The van der Waals surface area contributed by atoms with E-state index in [-0.39, 0.29) is 17.9 Å². The predicted octanol–water partition coefficient (Wildman–Crippen LogP) is 7.64. The molecule has 1 heterocycles. The number of carboxylic acids is 1. The maximum Gasteiger partial charge on any atom is 0.341 e. The molecule has 0 spiro atoms. The van der Waals surface area contributed by atoms with Crippen LogP contribution in [0.3, 0.4) is 0 Å². The Morgan fingerprint density at radius 2 is 1.75 bits per heavy atom. The lowest BCUT2D eigenvalue weighted by atomic mass is 9.74. The fourth-order valence-electron chi connectivity index (χ4n) is 4.86. The van der Waals surface area contributed by atoms with Gasteiger partial charge in [-0.05, 0) is 42.7 Å². The molecule has 4 atom stereocenters. The predicted molar refractivity (Wildman–Crippen MR) is 141 cm³/mol. The van der Waals surface area contributed by atoms with Crippen LogP contribution in [-0.2, 0) is 9.53 Å². The van der Waals surface area contributed by atoms with Gasteiger partial charge in [-0.15, -0.1) is 0 Å². The van der Waals surface area contributed by atoms with E-state index in [0.717, 1.165) is 23.1 Å². The smallest absolute Gasteiger partial charge is 0.341 e. The number of halogens is 2. The lowest BCUT2D eigenvalue weighted by Gasteiger charge is -2.43. The number of methoxy groups -OCH3 is 1. The quantitative estimate of drug-likeness (QED) is 0.305. The fraction of sp³-hybridized carbons (Fsp3) is 0.276. The summed E-state index contributed by atoms with van der Waals surface area (Å²) in [6.45, 7) is 5.71. The summed E-state index contributed by atoms with van der Waals surface area (Å²) in [4.78, 5) is 11.3. The Kier molecular flexibility index (Phi) is 8.24. The highest BCUT2D eigenvalue weighted by molar-refractivity contribution is 6.31. The van der Waals surface area contributed by atoms with Gasteiger partial charge in [0.1, 0.15) is 0 Å². The van der Waals surface area contributed by atoms with E-state index in [0.29, 0.717) is 27.1 Å². The van der Waals surface area contributed by atoms with E-state index >= 15 is 0 Å². The Morgan fingerprint density at radius 3 is 2.39 bits per heavy atom. The number of ether oxygens (including phenoxy) is 3. The van der Waals surface area contributed by atoms with Gasteiger partial charge in [-0.2, -0.15) is 0 Å². The average Bonchev–Trinajstić information content (AvgIpc) is 2.87. The lowest BCUT2D eigenvalue weighted by molar-refractivity contribution is -0.139. The van der Waals surface area contributed by atoms with Crippen molar-refractivity contribution >= 4 is 29.2 Å². The summed E-state index contributed by atoms with van der Waals surface area (Å²) in [5.74, 6) is -0.551. The Balaban J connectivity index is 1.85. The molecule has 0 bridgehead atoms. The van der Waals surface area contributed by atoms with Crippen LogP contribution >= 0.6 is 23.2 Å². The van der Waals surface area contributed by atoms with Crippen molar-refractivity contribution in [2.24, 2.45) is 5.92 Å². The first-order valence-corrected chi connectivity index (χ1v) is 12.4. The molecule has 0 unspecified atom stereocenters. The molecular formula is C29H28Cl2O5. The number of rotatable bonds is 8. The van der Waals surface area contributed by atoms with E-state index in [2.05, 4.69) is 12.6 Å². The van der Waals surface area contributed by atoms with Gasteiger partial charge in [0.2, 0.25) is 0 Å². The van der Waals surface area contributed by atoms with Crippen LogP contribution in [0, 0.1) is 5.92 Å². The van der Waals surface area contributed by atoms with Crippen LogP contribution in [0.25, 0.3) is 0 Å². The lowest BCUT2D eigenvalue weighted by Crippen LogP contribution is -2.32. The molecule has 0 amide bonds. The van der Waals surface area contributed by atoms with Crippen LogP contribution < -0.4 is 9.47 Å². The number of carboxylic acid groups (broad SMARTS) is 1. The molecule has 188 valence electrons. The van der Waals surface area contributed by atoms with E-state index in [1.165, 1.54) is 7.11 Å². The average molecular weight is 527 g/mol. The van der Waals surface area contributed by atoms with Crippen LogP contribution in [0.1, 0.15) is 48.2 Å². The first-order chi connectivity index (χ1) is 17.3. The molecule has 3 aromatic carbocycles. The minimum Gasteiger partial charge on any atom is -0.493 e. The van der Waals surface area contributed by atoms with Crippen molar-refractivity contribution in [2.45, 2.75) is 31.5 Å². The van der Waals surface area contributed by atoms with Gasteiger partial charge in [0.05, 0.1) is 19.3 Å². The molecule has 1 N–H and O–H groups in total. The number of hydrogen-bond donors (Lipinski definition) is 1. The summed E-state index contributed by atoms with van der Waals surface area (Å²) in [5.41, 5.74) is 3.66. The molecule has 1 aliphatic rings. The Labute approximate surface area is 221 Å². The topological polar surface area (TPSA) is 65.0 Å². The Hall–Kier alpha value is -2.99. The SMILES string of the molecule is C=C(C)[C@H]1C[C@H](c2cccc(Cl)c2)[C@H](c2ccccc2)O[C@@H]1c1cc(Cl)cc(OC)c1OCC(=O)O. The number of carbonyl (C=O) groups is 1. The third-order valence-electron chi connectivity index (χ3n) is 6.48. The molecule has 1 fully saturated rings. The first-order valence-electron chi connectivity index (χ1n) is 11.6. The molecule has 0 aromatic heterocycles. The first kappa shape index (κ1) is 26.1. The molecular weight excluding hydrogens is 499 g/mol. The van der Waals surface area contributed by atoms with Gasteiger partial charge < -0.3 is 19.3 Å². The highest BCUT2D eigenvalue weighted by Crippen LogP contribution is 2.54. The van der Waals surface area contributed by atoms with Crippen molar-refractivity contribution in [3.05, 3.63) is 106 Å². The molecule has 4 rings (SSSR count). The Bertz CT molecular complexity index is 1240. The van der Waals surface area contributed by atoms with E-state index in [9.17, 15) is 9.90 Å². The molecule has 0 aliphatic carbocycles. The normalized spacial score (nSPS) is 21.6. The van der Waals surface area contributed by atoms with Crippen LogP contribution in [0.2, 0.25) is 10.0 Å². The Morgan fingerprint density at radius 1 is 1.03 bits per heavy atom. The van der Waals surface area contributed by atoms with Gasteiger partial charge in [0.25, 0.3) is 0 Å². The molecule has 1 saturated heterocycles. The monoisotopic (exact) mass is 526 g/mol. The molecule has 5 nitrogen and oxygen atoms in total. The van der Waals surface area contributed by atoms with Gasteiger partial charge in [0.15, 0.2) is 18.1 Å². The number of benzene rings is 3. The summed E-state index contributed by atoms with van der Waals surface area (Å²) in [5, 5.41) is 10.4. The molecule has 36 heavy (non-hydrogen) atoms. The summed E-state index contributed by atoms with van der Waals surface area (Å²) in [6, 6.07) is 21.2. The highest BCUT2D eigenvalue weighted by atomic mass is 35.5. The summed E-state index contributed by atoms with van der Waals surface area (Å²) >= 11 is 12.8. The molecule has 0 radical (unpaired) electrons. The number of hydrogen-bond acceptors (Lipinski definition) is 4. The number of aliphatic carboxylic acids is 1. The van der Waals surface area contributed by atoms with Crippen LogP contribution in [0.15, 0.2) is 78.9 Å². The molecule has 1 aliphatic heterocycles. The van der Waals surface area contributed by atoms with Gasteiger partial charge in [-0.25, -0.2) is 4.79 Å². The second-order valence-corrected chi connectivity index (χ2v) is 9.82. The van der Waals surface area contributed by atoms with E-state index in [1.807, 2.05) is 55.5 Å². The minimum absolute atomic E-state index is 0.00789. The van der Waals surface area contributed by atoms with Crippen molar-refractivity contribution in [3.8, 4) is 11.5 Å². The van der Waals surface area contributed by atoms with E-state index in [1.54, 1.807) is 12.1 Å². The zero-order valence-electron chi connectivity index (χ0n) is 20.1. The summed E-state index contributed by atoms with van der Waals surface area (Å²) in [7, 11) is 1.49. The van der Waals surface area contributed by atoms with Crippen LogP contribution in [0.5, 0.6) is 11.5 Å². The fourth-order valence-corrected chi connectivity index (χ4v) is 5.28. The van der Waals surface area contributed by atoms with Crippen LogP contribution in [0.4, 0.5) is 0 Å². The summed E-state index contributed by atoms with van der Waals surface area (Å²) in [6.07, 6.45) is -0.0743. The van der Waals surface area contributed by atoms with E-state index in [4.69, 9.17) is 37.4 Å². The molecule has 0 saturated carbocycles. The second kappa shape index (κ2) is 11.4. The maximum atomic E-state index is 11.3. The van der Waals surface area contributed by atoms with Gasteiger partial charge >= 0.3 is 5.97 Å². The van der Waals surface area contributed by atoms with E-state index < -0.39 is 18.7 Å². The van der Waals surface area contributed by atoms with Crippen molar-refractivity contribution in [1.82, 2.24) is 0 Å².